The van der Waals surface area contributed by atoms with Crippen LogP contribution in [-0.2, 0) is 28.9 Å². The Morgan fingerprint density at radius 3 is 1.43 bits per heavy atom. The van der Waals surface area contributed by atoms with Crippen LogP contribution in [0, 0.1) is 0 Å². The molecule has 0 bridgehead atoms. The van der Waals surface area contributed by atoms with Crippen LogP contribution in [0.15, 0.2) is 60.7 Å². The highest BCUT2D eigenvalue weighted by molar-refractivity contribution is 7.92. The monoisotopic (exact) mass is 403 g/mol. The lowest BCUT2D eigenvalue weighted by molar-refractivity contribution is -0.147. The van der Waals surface area contributed by atoms with Gasteiger partial charge in [-0.25, -0.2) is 8.42 Å². The number of hydrogen-bond donors (Lipinski definition) is 1. The molecule has 0 spiro atoms. The Hall–Kier alpha value is -2.71. The number of nitrogens with one attached hydrogen (secondary N) is 1. The van der Waals surface area contributed by atoms with Crippen LogP contribution in [0.1, 0.15) is 21.6 Å². The van der Waals surface area contributed by atoms with Crippen LogP contribution in [0.4, 0.5) is 0 Å². The second-order valence-corrected chi connectivity index (χ2v) is 8.61. The number of hydrogen-bond acceptors (Lipinski definition) is 7. The van der Waals surface area contributed by atoms with Crippen molar-refractivity contribution >= 4 is 21.8 Å². The number of rotatable bonds is 4. The second kappa shape index (κ2) is 8.12. The minimum absolute atomic E-state index is 0.439. The SMILES string of the molecule is COC(=O)[C@H]1N[C@@H](C(=O)OC)[C@@H](c2ccccc2)S(=O)(=O)[C@H]1c1ccccc1. The minimum atomic E-state index is -4.04. The third kappa shape index (κ3) is 3.53. The molecule has 1 heterocycles. The molecule has 3 rings (SSSR count). The molecule has 0 saturated carbocycles. The lowest BCUT2D eigenvalue weighted by Gasteiger charge is -2.40. The Balaban J connectivity index is 2.21. The Morgan fingerprint density at radius 2 is 1.11 bits per heavy atom. The molecule has 1 N–H and O–H groups in total. The van der Waals surface area contributed by atoms with Crippen molar-refractivity contribution in [1.82, 2.24) is 5.32 Å². The van der Waals surface area contributed by atoms with Crippen molar-refractivity contribution in [3.05, 3.63) is 71.8 Å². The van der Waals surface area contributed by atoms with Gasteiger partial charge in [-0.2, -0.15) is 0 Å². The van der Waals surface area contributed by atoms with Crippen LogP contribution in [0.25, 0.3) is 0 Å². The Morgan fingerprint density at radius 1 is 0.750 bits per heavy atom. The molecule has 8 heteroatoms. The summed E-state index contributed by atoms with van der Waals surface area (Å²) in [5.41, 5.74) is 0.879. The molecule has 0 unspecified atom stereocenters. The predicted octanol–water partition coefficient (Wildman–Crippen LogP) is 1.57. The van der Waals surface area contributed by atoms with Crippen molar-refractivity contribution in [2.75, 3.05) is 14.2 Å². The van der Waals surface area contributed by atoms with Crippen LogP contribution >= 0.6 is 0 Å². The van der Waals surface area contributed by atoms with Crippen LogP contribution in [0.2, 0.25) is 0 Å². The van der Waals surface area contributed by atoms with E-state index in [1.807, 2.05) is 0 Å². The summed E-state index contributed by atoms with van der Waals surface area (Å²) < 4.78 is 37.1. The summed E-state index contributed by atoms with van der Waals surface area (Å²) in [6.45, 7) is 0. The highest BCUT2D eigenvalue weighted by Crippen LogP contribution is 2.43. The van der Waals surface area contributed by atoms with E-state index in [4.69, 9.17) is 9.47 Å². The van der Waals surface area contributed by atoms with Gasteiger partial charge in [-0.05, 0) is 11.1 Å². The first-order valence-corrected chi connectivity index (χ1v) is 10.3. The van der Waals surface area contributed by atoms with Gasteiger partial charge in [-0.1, -0.05) is 60.7 Å². The Kier molecular flexibility index (Phi) is 5.81. The molecule has 0 aromatic heterocycles. The molecule has 28 heavy (non-hydrogen) atoms. The van der Waals surface area contributed by atoms with Gasteiger partial charge in [-0.3, -0.25) is 14.9 Å². The van der Waals surface area contributed by atoms with Gasteiger partial charge in [0.2, 0.25) is 0 Å². The summed E-state index contributed by atoms with van der Waals surface area (Å²) in [7, 11) is -1.69. The van der Waals surface area contributed by atoms with E-state index in [2.05, 4.69) is 5.32 Å². The fourth-order valence-corrected chi connectivity index (χ4v) is 6.12. The zero-order chi connectivity index (χ0) is 20.3. The number of esters is 2. The molecule has 1 aliphatic heterocycles. The van der Waals surface area contributed by atoms with Gasteiger partial charge in [0.25, 0.3) is 0 Å². The van der Waals surface area contributed by atoms with E-state index >= 15 is 0 Å². The lowest BCUT2D eigenvalue weighted by Crippen LogP contribution is -2.60. The number of carbonyl (C=O) groups excluding carboxylic acids is 2. The van der Waals surface area contributed by atoms with Gasteiger partial charge in [0.1, 0.15) is 22.6 Å². The summed E-state index contributed by atoms with van der Waals surface area (Å²) in [4.78, 5) is 24.9. The molecule has 7 nitrogen and oxygen atoms in total. The molecule has 1 aliphatic rings. The number of sulfone groups is 1. The van der Waals surface area contributed by atoms with Crippen LogP contribution in [-0.4, -0.2) is 46.7 Å². The van der Waals surface area contributed by atoms with Crippen LogP contribution in [0.3, 0.4) is 0 Å². The number of ether oxygens (including phenoxy) is 2. The average Bonchev–Trinajstić information content (AvgIpc) is 2.72. The molecular weight excluding hydrogens is 382 g/mol. The molecule has 4 atom stereocenters. The topological polar surface area (TPSA) is 98.8 Å². The molecule has 0 aliphatic carbocycles. The van der Waals surface area contributed by atoms with Gasteiger partial charge in [-0.15, -0.1) is 0 Å². The highest BCUT2D eigenvalue weighted by Gasteiger charge is 2.55. The molecule has 2 aromatic carbocycles. The van der Waals surface area contributed by atoms with E-state index in [1.165, 1.54) is 14.2 Å². The summed E-state index contributed by atoms with van der Waals surface area (Å²) >= 11 is 0. The van der Waals surface area contributed by atoms with Gasteiger partial charge >= 0.3 is 11.9 Å². The van der Waals surface area contributed by atoms with Gasteiger partial charge in [0.15, 0.2) is 9.84 Å². The molecule has 2 aromatic rings. The summed E-state index contributed by atoms with van der Waals surface area (Å²) in [5, 5.41) is 0.448. The lowest BCUT2D eigenvalue weighted by atomic mass is 9.99. The van der Waals surface area contributed by atoms with Crippen molar-refractivity contribution in [3.8, 4) is 0 Å². The molecule has 1 fully saturated rings. The smallest absolute Gasteiger partial charge is 0.324 e. The van der Waals surface area contributed by atoms with E-state index in [0.29, 0.717) is 11.1 Å². The standard InChI is InChI=1S/C20H21NO6S/c1-26-19(22)15-17(13-9-5-3-6-10-13)28(24,25)18(14-11-7-4-8-12-14)16(21-15)20(23)27-2/h3-12,15-18,21H,1-2H3/t15-,16+,17-,18+. The zero-order valence-electron chi connectivity index (χ0n) is 15.4. The predicted molar refractivity (Wildman–Crippen MR) is 102 cm³/mol. The van der Waals surface area contributed by atoms with E-state index in [-0.39, 0.29) is 0 Å². The highest BCUT2D eigenvalue weighted by atomic mass is 32.2. The second-order valence-electron chi connectivity index (χ2n) is 6.42. The van der Waals surface area contributed by atoms with Crippen LogP contribution in [0.5, 0.6) is 0 Å². The van der Waals surface area contributed by atoms with E-state index in [9.17, 15) is 18.0 Å². The maximum atomic E-state index is 13.7. The molecular formula is C20H21NO6S. The molecule has 1 saturated heterocycles. The van der Waals surface area contributed by atoms with E-state index < -0.39 is 44.4 Å². The van der Waals surface area contributed by atoms with Gasteiger partial charge in [0, 0.05) is 0 Å². The molecule has 0 amide bonds. The number of benzene rings is 2. The average molecular weight is 403 g/mol. The normalized spacial score (nSPS) is 26.2. The Labute approximate surface area is 163 Å². The third-order valence-corrected chi connectivity index (χ3v) is 7.34. The first-order chi connectivity index (χ1) is 13.4. The van der Waals surface area contributed by atoms with Crippen molar-refractivity contribution in [3.63, 3.8) is 0 Å². The summed E-state index contributed by atoms with van der Waals surface area (Å²) in [6.07, 6.45) is 0. The van der Waals surface area contributed by atoms with Gasteiger partial charge in [0.05, 0.1) is 14.2 Å². The fraction of sp³-hybridized carbons (Fsp3) is 0.300. The van der Waals surface area contributed by atoms with Gasteiger partial charge < -0.3 is 9.47 Å². The van der Waals surface area contributed by atoms with Crippen molar-refractivity contribution in [2.24, 2.45) is 0 Å². The van der Waals surface area contributed by atoms with Crippen LogP contribution < -0.4 is 5.32 Å². The van der Waals surface area contributed by atoms with E-state index in [0.717, 1.165) is 0 Å². The number of carbonyl (C=O) groups is 2. The summed E-state index contributed by atoms with van der Waals surface area (Å²) in [6, 6.07) is 14.4. The first kappa shape index (κ1) is 20.0. The number of methoxy groups -OCH3 is 2. The van der Waals surface area contributed by atoms with Crippen molar-refractivity contribution in [1.29, 1.82) is 0 Å². The quantitative estimate of drug-likeness (QED) is 0.774. The van der Waals surface area contributed by atoms with Crippen molar-refractivity contribution in [2.45, 2.75) is 22.6 Å². The minimum Gasteiger partial charge on any atom is -0.468 e. The maximum Gasteiger partial charge on any atom is 0.324 e. The molecule has 148 valence electrons. The zero-order valence-corrected chi connectivity index (χ0v) is 16.3. The van der Waals surface area contributed by atoms with E-state index in [1.54, 1.807) is 60.7 Å². The molecule has 0 radical (unpaired) electrons. The maximum absolute atomic E-state index is 13.7. The fourth-order valence-electron chi connectivity index (χ4n) is 3.59. The third-order valence-electron chi connectivity index (χ3n) is 4.84. The first-order valence-electron chi connectivity index (χ1n) is 8.66. The Bertz CT molecular complexity index is 874. The van der Waals surface area contributed by atoms with Crippen molar-refractivity contribution < 1.29 is 27.5 Å². The summed E-state index contributed by atoms with van der Waals surface area (Å²) in [5.74, 6) is -1.53. The largest absolute Gasteiger partial charge is 0.468 e.